The van der Waals surface area contributed by atoms with Gasteiger partial charge < -0.3 is 19.9 Å². The molecule has 7 nitrogen and oxygen atoms in total. The number of hydrogen-bond donors (Lipinski definition) is 1. The van der Waals surface area contributed by atoms with Crippen molar-refractivity contribution < 1.29 is 13.9 Å². The molecule has 2 fully saturated rings. The molecular weight excluding hydrogens is 373 g/mol. The Balaban J connectivity index is 1.33. The fraction of sp³-hybridized carbons (Fsp3) is 0.476. The summed E-state index contributed by atoms with van der Waals surface area (Å²) in [6, 6.07) is 7.99. The highest BCUT2D eigenvalue weighted by molar-refractivity contribution is 5.74. The predicted molar refractivity (Wildman–Crippen MR) is 107 cm³/mol. The number of benzene rings is 1. The SMILES string of the molecule is O=C(NCc1cccc(F)c1)N1CCC2(CC1)COCCN(c1ncccn1)C2. The van der Waals surface area contributed by atoms with E-state index in [0.29, 0.717) is 32.8 Å². The number of nitrogens with one attached hydrogen (secondary N) is 1. The lowest BCUT2D eigenvalue weighted by Gasteiger charge is -2.42. The molecule has 2 saturated heterocycles. The standard InChI is InChI=1S/C21H26FN5O2/c22-18-4-1-3-17(13-18)14-25-20(28)26-9-5-21(6-10-26)15-27(11-12-29-16-21)19-23-7-2-8-24-19/h1-4,7-8,13H,5-6,9-12,14-16H2,(H,25,28). The zero-order valence-corrected chi connectivity index (χ0v) is 16.4. The highest BCUT2D eigenvalue weighted by atomic mass is 19.1. The summed E-state index contributed by atoms with van der Waals surface area (Å²) in [5.41, 5.74) is 0.747. The number of halogens is 1. The van der Waals surface area contributed by atoms with Crippen LogP contribution in [0.4, 0.5) is 15.1 Å². The van der Waals surface area contributed by atoms with Crippen molar-refractivity contribution in [2.45, 2.75) is 19.4 Å². The molecule has 0 aliphatic carbocycles. The number of piperidine rings is 1. The van der Waals surface area contributed by atoms with Crippen LogP contribution in [0, 0.1) is 11.2 Å². The predicted octanol–water partition coefficient (Wildman–Crippen LogP) is 2.44. The molecule has 0 unspecified atom stereocenters. The topological polar surface area (TPSA) is 70.6 Å². The molecule has 1 N–H and O–H groups in total. The van der Waals surface area contributed by atoms with Gasteiger partial charge in [0.25, 0.3) is 0 Å². The first-order chi connectivity index (χ1) is 14.1. The highest BCUT2D eigenvalue weighted by Crippen LogP contribution is 2.35. The number of carbonyl (C=O) groups excluding carboxylic acids is 1. The summed E-state index contributed by atoms with van der Waals surface area (Å²) in [6.07, 6.45) is 5.24. The number of ether oxygens (including phenoxy) is 1. The summed E-state index contributed by atoms with van der Waals surface area (Å²) in [5, 5.41) is 2.89. The number of urea groups is 1. The lowest BCUT2D eigenvalue weighted by molar-refractivity contribution is 0.0299. The van der Waals surface area contributed by atoms with Gasteiger partial charge in [0, 0.05) is 50.5 Å². The first kappa shape index (κ1) is 19.6. The van der Waals surface area contributed by atoms with Gasteiger partial charge in [-0.15, -0.1) is 0 Å². The molecule has 2 aliphatic heterocycles. The normalized spacial score (nSPS) is 19.1. The summed E-state index contributed by atoms with van der Waals surface area (Å²) in [7, 11) is 0. The van der Waals surface area contributed by atoms with E-state index < -0.39 is 0 Å². The second kappa shape index (κ2) is 8.73. The van der Waals surface area contributed by atoms with Gasteiger partial charge in [0.15, 0.2) is 0 Å². The molecule has 1 aromatic heterocycles. The van der Waals surface area contributed by atoms with Crippen LogP contribution >= 0.6 is 0 Å². The van der Waals surface area contributed by atoms with Gasteiger partial charge in [0.05, 0.1) is 13.2 Å². The summed E-state index contributed by atoms with van der Waals surface area (Å²) >= 11 is 0. The molecule has 0 atom stereocenters. The maximum Gasteiger partial charge on any atom is 0.317 e. The average Bonchev–Trinajstić information content (AvgIpc) is 2.96. The first-order valence-corrected chi connectivity index (χ1v) is 10.0. The minimum absolute atomic E-state index is 0.00492. The number of carbonyl (C=O) groups is 1. The van der Waals surface area contributed by atoms with E-state index in [4.69, 9.17) is 4.74 Å². The zero-order chi connectivity index (χ0) is 20.1. The third-order valence-corrected chi connectivity index (χ3v) is 5.72. The van der Waals surface area contributed by atoms with Crippen LogP contribution in [0.5, 0.6) is 0 Å². The van der Waals surface area contributed by atoms with Gasteiger partial charge in [-0.2, -0.15) is 0 Å². The van der Waals surface area contributed by atoms with Crippen molar-refractivity contribution in [2.24, 2.45) is 5.41 Å². The van der Waals surface area contributed by atoms with Gasteiger partial charge in [-0.05, 0) is 36.6 Å². The van der Waals surface area contributed by atoms with Crippen LogP contribution in [0.1, 0.15) is 18.4 Å². The van der Waals surface area contributed by atoms with Gasteiger partial charge in [0.1, 0.15) is 5.82 Å². The third kappa shape index (κ3) is 4.82. The molecule has 154 valence electrons. The summed E-state index contributed by atoms with van der Waals surface area (Å²) in [4.78, 5) is 25.3. The van der Waals surface area contributed by atoms with E-state index in [2.05, 4.69) is 20.2 Å². The second-order valence-corrected chi connectivity index (χ2v) is 7.80. The van der Waals surface area contributed by atoms with E-state index in [1.807, 2.05) is 11.0 Å². The fourth-order valence-corrected chi connectivity index (χ4v) is 4.04. The Morgan fingerprint density at radius 2 is 1.97 bits per heavy atom. The van der Waals surface area contributed by atoms with Crippen molar-refractivity contribution in [3.63, 3.8) is 0 Å². The number of anilines is 1. The van der Waals surface area contributed by atoms with Crippen molar-refractivity contribution in [1.29, 1.82) is 0 Å². The van der Waals surface area contributed by atoms with Crippen LogP contribution < -0.4 is 10.2 Å². The van der Waals surface area contributed by atoms with Crippen LogP contribution in [-0.4, -0.2) is 60.3 Å². The van der Waals surface area contributed by atoms with E-state index >= 15 is 0 Å². The van der Waals surface area contributed by atoms with Gasteiger partial charge in [0.2, 0.25) is 5.95 Å². The Labute approximate surface area is 169 Å². The Morgan fingerprint density at radius 3 is 2.72 bits per heavy atom. The Bertz CT molecular complexity index is 827. The molecule has 1 aromatic carbocycles. The molecule has 0 radical (unpaired) electrons. The molecule has 2 aromatic rings. The molecular formula is C21H26FN5O2. The molecule has 0 bridgehead atoms. The quantitative estimate of drug-likeness (QED) is 0.859. The smallest absolute Gasteiger partial charge is 0.317 e. The number of rotatable bonds is 3. The maximum atomic E-state index is 13.3. The van der Waals surface area contributed by atoms with Crippen molar-refractivity contribution in [1.82, 2.24) is 20.2 Å². The largest absolute Gasteiger partial charge is 0.379 e. The second-order valence-electron chi connectivity index (χ2n) is 7.80. The Kier molecular flexibility index (Phi) is 5.89. The van der Waals surface area contributed by atoms with Crippen molar-refractivity contribution in [3.8, 4) is 0 Å². The van der Waals surface area contributed by atoms with Gasteiger partial charge in [-0.25, -0.2) is 19.2 Å². The number of amides is 2. The van der Waals surface area contributed by atoms with Crippen LogP contribution in [0.25, 0.3) is 0 Å². The molecule has 8 heteroatoms. The van der Waals surface area contributed by atoms with E-state index in [9.17, 15) is 9.18 Å². The summed E-state index contributed by atoms with van der Waals surface area (Å²) < 4.78 is 19.2. The van der Waals surface area contributed by atoms with Crippen molar-refractivity contribution in [2.75, 3.05) is 44.3 Å². The van der Waals surface area contributed by atoms with Crippen LogP contribution in [0.2, 0.25) is 0 Å². The summed E-state index contributed by atoms with van der Waals surface area (Å²) in [5.74, 6) is 0.435. The van der Waals surface area contributed by atoms with Gasteiger partial charge in [-0.1, -0.05) is 12.1 Å². The zero-order valence-electron chi connectivity index (χ0n) is 16.4. The Morgan fingerprint density at radius 1 is 1.17 bits per heavy atom. The number of likely N-dealkylation sites (tertiary alicyclic amines) is 1. The summed E-state index contributed by atoms with van der Waals surface area (Å²) in [6.45, 7) is 4.59. The third-order valence-electron chi connectivity index (χ3n) is 5.72. The first-order valence-electron chi connectivity index (χ1n) is 10.0. The average molecular weight is 399 g/mol. The van der Waals surface area contributed by atoms with Crippen molar-refractivity contribution in [3.05, 3.63) is 54.1 Å². The monoisotopic (exact) mass is 399 g/mol. The van der Waals surface area contributed by atoms with Gasteiger partial charge >= 0.3 is 6.03 Å². The Hall–Kier alpha value is -2.74. The lowest BCUT2D eigenvalue weighted by atomic mass is 9.78. The molecule has 2 aliphatic rings. The fourth-order valence-electron chi connectivity index (χ4n) is 4.04. The van der Waals surface area contributed by atoms with E-state index in [1.165, 1.54) is 12.1 Å². The van der Waals surface area contributed by atoms with E-state index in [1.54, 1.807) is 24.5 Å². The molecule has 4 rings (SSSR count). The maximum absolute atomic E-state index is 13.3. The van der Waals surface area contributed by atoms with Crippen molar-refractivity contribution >= 4 is 12.0 Å². The molecule has 0 saturated carbocycles. The molecule has 1 spiro atoms. The van der Waals surface area contributed by atoms with E-state index in [-0.39, 0.29) is 17.3 Å². The number of aromatic nitrogens is 2. The number of hydrogen-bond acceptors (Lipinski definition) is 5. The minimum atomic E-state index is -0.294. The molecule has 3 heterocycles. The molecule has 2 amide bonds. The van der Waals surface area contributed by atoms with Crippen LogP contribution in [0.3, 0.4) is 0 Å². The van der Waals surface area contributed by atoms with Gasteiger partial charge in [-0.3, -0.25) is 0 Å². The van der Waals surface area contributed by atoms with Crippen LogP contribution in [-0.2, 0) is 11.3 Å². The molecule has 29 heavy (non-hydrogen) atoms. The van der Waals surface area contributed by atoms with Crippen LogP contribution in [0.15, 0.2) is 42.7 Å². The highest BCUT2D eigenvalue weighted by Gasteiger charge is 2.39. The minimum Gasteiger partial charge on any atom is -0.379 e. The van der Waals surface area contributed by atoms with E-state index in [0.717, 1.165) is 37.4 Å². The lowest BCUT2D eigenvalue weighted by Crippen LogP contribution is -2.51. The number of nitrogens with zero attached hydrogens (tertiary/aromatic N) is 4.